The standard InChI is InChI=1S/C18H23NO2/c1-5-13-6-8-14(9-7-13)15-10(2)17-16(12(4)20)18(21)19(17)11(15)3/h6-10,12,16-17,20H,5H2,1-4H3. The Morgan fingerprint density at radius 2 is 1.90 bits per heavy atom. The first-order chi connectivity index (χ1) is 9.97. The summed E-state index contributed by atoms with van der Waals surface area (Å²) < 4.78 is 0. The molecular formula is C18H23NO2. The molecule has 0 saturated carbocycles. The lowest BCUT2D eigenvalue weighted by Gasteiger charge is -2.46. The third-order valence-electron chi connectivity index (χ3n) is 5.10. The number of β-lactam (4-membered cyclic amide) rings is 1. The Bertz CT molecular complexity index is 600. The summed E-state index contributed by atoms with van der Waals surface area (Å²) in [4.78, 5) is 14.1. The van der Waals surface area contributed by atoms with Crippen LogP contribution in [0.4, 0.5) is 0 Å². The van der Waals surface area contributed by atoms with Crippen LogP contribution < -0.4 is 0 Å². The second-order valence-corrected chi connectivity index (χ2v) is 6.30. The number of aliphatic hydroxyl groups excluding tert-OH is 1. The molecular weight excluding hydrogens is 262 g/mol. The van der Waals surface area contributed by atoms with Crippen LogP contribution in [0.2, 0.25) is 0 Å². The summed E-state index contributed by atoms with van der Waals surface area (Å²) in [7, 11) is 0. The van der Waals surface area contributed by atoms with Crippen molar-refractivity contribution in [3.05, 3.63) is 41.1 Å². The van der Waals surface area contributed by atoms with E-state index in [1.807, 2.05) is 11.8 Å². The lowest BCUT2D eigenvalue weighted by Crippen LogP contribution is -2.62. The lowest BCUT2D eigenvalue weighted by atomic mass is 9.77. The number of carbonyl (C=O) groups is 1. The third-order valence-corrected chi connectivity index (χ3v) is 5.10. The van der Waals surface area contributed by atoms with Crippen LogP contribution in [0, 0.1) is 11.8 Å². The van der Waals surface area contributed by atoms with Crippen LogP contribution in [0.15, 0.2) is 30.0 Å². The van der Waals surface area contributed by atoms with Gasteiger partial charge in [-0.3, -0.25) is 4.79 Å². The van der Waals surface area contributed by atoms with Crippen molar-refractivity contribution in [2.24, 2.45) is 11.8 Å². The van der Waals surface area contributed by atoms with Gasteiger partial charge in [-0.1, -0.05) is 38.1 Å². The topological polar surface area (TPSA) is 40.5 Å². The van der Waals surface area contributed by atoms with Gasteiger partial charge < -0.3 is 10.0 Å². The van der Waals surface area contributed by atoms with Gasteiger partial charge in [-0.05, 0) is 37.0 Å². The summed E-state index contributed by atoms with van der Waals surface area (Å²) in [5.74, 6) is 0.0941. The van der Waals surface area contributed by atoms with Gasteiger partial charge in [0.05, 0.1) is 18.1 Å². The maximum Gasteiger partial charge on any atom is 0.234 e. The largest absolute Gasteiger partial charge is 0.393 e. The highest BCUT2D eigenvalue weighted by Crippen LogP contribution is 2.50. The van der Waals surface area contributed by atoms with Crippen LogP contribution in [0.25, 0.3) is 5.57 Å². The van der Waals surface area contributed by atoms with Gasteiger partial charge in [0.2, 0.25) is 5.91 Å². The lowest BCUT2D eigenvalue weighted by molar-refractivity contribution is -0.159. The fourth-order valence-electron chi connectivity index (χ4n) is 3.97. The quantitative estimate of drug-likeness (QED) is 0.868. The van der Waals surface area contributed by atoms with Gasteiger partial charge in [-0.15, -0.1) is 0 Å². The molecule has 4 unspecified atom stereocenters. The van der Waals surface area contributed by atoms with E-state index in [-0.39, 0.29) is 23.8 Å². The zero-order valence-corrected chi connectivity index (χ0v) is 13.1. The number of hydrogen-bond acceptors (Lipinski definition) is 2. The van der Waals surface area contributed by atoms with E-state index in [2.05, 4.69) is 38.1 Å². The van der Waals surface area contributed by atoms with Crippen molar-refractivity contribution in [2.45, 2.75) is 46.3 Å². The second-order valence-electron chi connectivity index (χ2n) is 6.30. The Morgan fingerprint density at radius 3 is 2.43 bits per heavy atom. The molecule has 21 heavy (non-hydrogen) atoms. The fraction of sp³-hybridized carbons (Fsp3) is 0.500. The SMILES string of the molecule is CCc1ccc(C2=C(C)N3C(=O)C(C(C)O)C3C2C)cc1. The molecule has 3 rings (SSSR count). The van der Waals surface area contributed by atoms with E-state index in [1.54, 1.807) is 6.92 Å². The fourth-order valence-corrected chi connectivity index (χ4v) is 3.97. The molecule has 1 aromatic rings. The summed E-state index contributed by atoms with van der Waals surface area (Å²) >= 11 is 0. The minimum absolute atomic E-state index is 0.0690. The maximum atomic E-state index is 12.2. The number of allylic oxidation sites excluding steroid dienone is 1. The molecule has 2 aliphatic heterocycles. The smallest absolute Gasteiger partial charge is 0.234 e. The molecule has 0 aliphatic carbocycles. The van der Waals surface area contributed by atoms with Crippen molar-refractivity contribution in [3.8, 4) is 0 Å². The Hall–Kier alpha value is -1.61. The van der Waals surface area contributed by atoms with E-state index in [0.717, 1.165) is 12.1 Å². The zero-order valence-electron chi connectivity index (χ0n) is 13.1. The monoisotopic (exact) mass is 285 g/mol. The number of fused-ring (bicyclic) bond motifs is 1. The van der Waals surface area contributed by atoms with Crippen molar-refractivity contribution >= 4 is 11.5 Å². The van der Waals surface area contributed by atoms with Crippen LogP contribution in [0.5, 0.6) is 0 Å². The molecule has 1 fully saturated rings. The van der Waals surface area contributed by atoms with Gasteiger partial charge in [0, 0.05) is 11.6 Å². The molecule has 2 aliphatic rings. The van der Waals surface area contributed by atoms with Crippen molar-refractivity contribution in [1.29, 1.82) is 0 Å². The van der Waals surface area contributed by atoms with Crippen LogP contribution in [0.3, 0.4) is 0 Å². The summed E-state index contributed by atoms with van der Waals surface area (Å²) in [5.41, 5.74) is 4.82. The number of rotatable bonds is 3. The van der Waals surface area contributed by atoms with Gasteiger partial charge in [-0.2, -0.15) is 0 Å². The van der Waals surface area contributed by atoms with E-state index in [9.17, 15) is 9.90 Å². The molecule has 0 radical (unpaired) electrons. The highest BCUT2D eigenvalue weighted by Gasteiger charge is 2.57. The van der Waals surface area contributed by atoms with Crippen LogP contribution in [-0.4, -0.2) is 28.1 Å². The van der Waals surface area contributed by atoms with Crippen molar-refractivity contribution in [3.63, 3.8) is 0 Å². The molecule has 0 spiro atoms. The second kappa shape index (κ2) is 4.99. The molecule has 112 valence electrons. The molecule has 1 amide bonds. The number of aryl methyl sites for hydroxylation is 1. The summed E-state index contributed by atoms with van der Waals surface area (Å²) in [6, 6.07) is 8.75. The highest BCUT2D eigenvalue weighted by molar-refractivity contribution is 5.94. The Balaban J connectivity index is 1.96. The Labute approximate surface area is 126 Å². The van der Waals surface area contributed by atoms with Gasteiger partial charge in [0.1, 0.15) is 0 Å². The molecule has 0 bridgehead atoms. The minimum atomic E-state index is -0.573. The molecule has 0 aromatic heterocycles. The van der Waals surface area contributed by atoms with E-state index < -0.39 is 6.10 Å². The van der Waals surface area contributed by atoms with Gasteiger partial charge in [0.25, 0.3) is 0 Å². The molecule has 1 aromatic carbocycles. The molecule has 4 atom stereocenters. The number of benzene rings is 1. The van der Waals surface area contributed by atoms with Crippen molar-refractivity contribution < 1.29 is 9.90 Å². The Morgan fingerprint density at radius 1 is 1.29 bits per heavy atom. The molecule has 1 saturated heterocycles. The summed E-state index contributed by atoms with van der Waals surface area (Å²) in [6.45, 7) is 8.06. The normalized spacial score (nSPS) is 29.5. The number of nitrogens with zero attached hydrogens (tertiary/aromatic N) is 1. The number of hydrogen-bond donors (Lipinski definition) is 1. The van der Waals surface area contributed by atoms with Gasteiger partial charge >= 0.3 is 0 Å². The maximum absolute atomic E-state index is 12.2. The average Bonchev–Trinajstić information content (AvgIpc) is 2.66. The number of aliphatic hydroxyl groups is 1. The van der Waals surface area contributed by atoms with Gasteiger partial charge in [0.15, 0.2) is 0 Å². The predicted molar refractivity (Wildman–Crippen MR) is 83.4 cm³/mol. The van der Waals surface area contributed by atoms with Crippen LogP contribution in [0.1, 0.15) is 38.8 Å². The number of carbonyl (C=O) groups excluding carboxylic acids is 1. The highest BCUT2D eigenvalue weighted by atomic mass is 16.3. The average molecular weight is 285 g/mol. The molecule has 3 nitrogen and oxygen atoms in total. The predicted octanol–water partition coefficient (Wildman–Crippen LogP) is 2.84. The third kappa shape index (κ3) is 1.95. The first kappa shape index (κ1) is 14.3. The van der Waals surface area contributed by atoms with E-state index in [1.165, 1.54) is 16.7 Å². The first-order valence-electron chi connectivity index (χ1n) is 7.78. The van der Waals surface area contributed by atoms with Crippen LogP contribution >= 0.6 is 0 Å². The van der Waals surface area contributed by atoms with Gasteiger partial charge in [-0.25, -0.2) is 0 Å². The van der Waals surface area contributed by atoms with E-state index in [4.69, 9.17) is 0 Å². The van der Waals surface area contributed by atoms with Crippen LogP contribution in [-0.2, 0) is 11.2 Å². The molecule has 3 heteroatoms. The summed E-state index contributed by atoms with van der Waals surface area (Å²) in [5, 5.41) is 9.85. The minimum Gasteiger partial charge on any atom is -0.393 e. The zero-order chi connectivity index (χ0) is 15.3. The summed E-state index contributed by atoms with van der Waals surface area (Å²) in [6.07, 6.45) is 0.460. The molecule has 1 N–H and O–H groups in total. The van der Waals surface area contributed by atoms with E-state index in [0.29, 0.717) is 0 Å². The molecule has 2 heterocycles. The van der Waals surface area contributed by atoms with Crippen molar-refractivity contribution in [2.75, 3.05) is 0 Å². The number of amides is 1. The van der Waals surface area contributed by atoms with Crippen molar-refractivity contribution in [1.82, 2.24) is 4.90 Å². The van der Waals surface area contributed by atoms with E-state index >= 15 is 0 Å². The Kier molecular flexibility index (Phi) is 3.40. The first-order valence-corrected chi connectivity index (χ1v) is 7.78.